The fourth-order valence-electron chi connectivity index (χ4n) is 4.67. The van der Waals surface area contributed by atoms with Crippen molar-refractivity contribution in [3.05, 3.63) is 76.8 Å². The van der Waals surface area contributed by atoms with Gasteiger partial charge in [0.2, 0.25) is 0 Å². The number of rotatable bonds is 8. The van der Waals surface area contributed by atoms with Crippen LogP contribution in [0.3, 0.4) is 0 Å². The fraction of sp³-hybridized carbons (Fsp3) is 0.286. The summed E-state index contributed by atoms with van der Waals surface area (Å²) in [5.74, 6) is -0.179. The molecule has 40 heavy (non-hydrogen) atoms. The van der Waals surface area contributed by atoms with E-state index in [9.17, 15) is 18.0 Å². The van der Waals surface area contributed by atoms with Crippen LogP contribution in [0.25, 0.3) is 11.0 Å². The predicted molar refractivity (Wildman–Crippen MR) is 149 cm³/mol. The number of amides is 2. The first-order valence-corrected chi connectivity index (χ1v) is 13.2. The van der Waals surface area contributed by atoms with Crippen molar-refractivity contribution < 1.29 is 22.7 Å². The van der Waals surface area contributed by atoms with Crippen molar-refractivity contribution in [2.45, 2.75) is 19.9 Å². The number of fused-ring (bicyclic) bond motifs is 1. The summed E-state index contributed by atoms with van der Waals surface area (Å²) < 4.78 is 48.3. The lowest BCUT2D eigenvalue weighted by atomic mass is 10.1. The van der Waals surface area contributed by atoms with Crippen LogP contribution in [-0.4, -0.2) is 58.5 Å². The van der Waals surface area contributed by atoms with E-state index in [1.165, 1.54) is 24.4 Å². The van der Waals surface area contributed by atoms with E-state index in [0.717, 1.165) is 38.8 Å². The summed E-state index contributed by atoms with van der Waals surface area (Å²) in [4.78, 5) is 24.1. The average Bonchev–Trinajstić information content (AvgIpc) is 3.33. The first-order valence-electron chi connectivity index (χ1n) is 12.8. The maximum Gasteiger partial charge on any atom is 0.323 e. The van der Waals surface area contributed by atoms with Crippen LogP contribution in [0.4, 0.5) is 29.3 Å². The van der Waals surface area contributed by atoms with Crippen LogP contribution >= 0.6 is 11.6 Å². The number of carbonyl (C=O) groups is 1. The lowest BCUT2D eigenvalue weighted by molar-refractivity contribution is 0.126. The molecule has 0 radical (unpaired) electrons. The van der Waals surface area contributed by atoms with Crippen molar-refractivity contribution >= 4 is 40.0 Å². The molecule has 4 aromatic rings. The zero-order valence-corrected chi connectivity index (χ0v) is 22.4. The van der Waals surface area contributed by atoms with E-state index < -0.39 is 18.3 Å². The number of likely N-dealkylation sites (N-methyl/N-ethyl adjacent to an activating group) is 1. The number of urea groups is 1. The largest absolute Gasteiger partial charge is 0.456 e. The normalized spacial score (nSPS) is 14.6. The molecular formula is C28H28ClF3N6O2. The van der Waals surface area contributed by atoms with E-state index in [0.29, 0.717) is 33.9 Å². The van der Waals surface area contributed by atoms with Crippen molar-refractivity contribution in [2.75, 3.05) is 43.4 Å². The number of halogens is 4. The molecule has 0 unspecified atom stereocenters. The Labute approximate surface area is 234 Å². The van der Waals surface area contributed by atoms with Gasteiger partial charge in [-0.2, -0.15) is 0 Å². The van der Waals surface area contributed by atoms with Crippen molar-refractivity contribution in [3.63, 3.8) is 0 Å². The lowest BCUT2D eigenvalue weighted by Crippen LogP contribution is -2.45. The zero-order valence-electron chi connectivity index (χ0n) is 21.7. The van der Waals surface area contributed by atoms with E-state index in [2.05, 4.69) is 37.3 Å². The van der Waals surface area contributed by atoms with E-state index >= 15 is 0 Å². The number of carbonyl (C=O) groups excluding carboxylic acids is 1. The SMILES string of the molecule is CCN1CCN(Cc2ccc(NC(=O)Nc3ccc(Oc4ccnc5[nH]cc(Cl)c45)cc3F)cc2C(F)F)CC1. The Morgan fingerprint density at radius 3 is 2.60 bits per heavy atom. The molecule has 0 saturated carbocycles. The number of hydrogen-bond acceptors (Lipinski definition) is 5. The summed E-state index contributed by atoms with van der Waals surface area (Å²) in [6.45, 7) is 6.90. The Morgan fingerprint density at radius 2 is 1.88 bits per heavy atom. The van der Waals surface area contributed by atoms with Gasteiger partial charge >= 0.3 is 6.03 Å². The number of anilines is 2. The van der Waals surface area contributed by atoms with Crippen molar-refractivity contribution in [1.82, 2.24) is 19.8 Å². The summed E-state index contributed by atoms with van der Waals surface area (Å²) in [6.07, 6.45) is 0.398. The Morgan fingerprint density at radius 1 is 1.10 bits per heavy atom. The Bertz CT molecular complexity index is 1510. The first-order chi connectivity index (χ1) is 19.3. The van der Waals surface area contributed by atoms with Gasteiger partial charge < -0.3 is 25.3 Å². The monoisotopic (exact) mass is 572 g/mol. The van der Waals surface area contributed by atoms with Gasteiger partial charge in [-0.1, -0.05) is 24.6 Å². The van der Waals surface area contributed by atoms with Gasteiger partial charge in [0.15, 0.2) is 0 Å². The number of aromatic amines is 1. The van der Waals surface area contributed by atoms with Crippen molar-refractivity contribution in [1.29, 1.82) is 0 Å². The van der Waals surface area contributed by atoms with Gasteiger partial charge in [-0.15, -0.1) is 0 Å². The Balaban J connectivity index is 1.22. The number of H-pyrrole nitrogens is 1. The molecule has 2 aromatic carbocycles. The van der Waals surface area contributed by atoms with Gasteiger partial charge in [-0.3, -0.25) is 4.90 Å². The van der Waals surface area contributed by atoms with E-state index in [1.54, 1.807) is 24.4 Å². The molecule has 0 bridgehead atoms. The number of hydrogen-bond donors (Lipinski definition) is 3. The van der Waals surface area contributed by atoms with Gasteiger partial charge in [0, 0.05) is 62.4 Å². The molecule has 1 fully saturated rings. The molecule has 1 saturated heterocycles. The number of aromatic nitrogens is 2. The molecule has 8 nitrogen and oxygen atoms in total. The third kappa shape index (κ3) is 6.33. The minimum Gasteiger partial charge on any atom is -0.456 e. The number of pyridine rings is 1. The second-order valence-electron chi connectivity index (χ2n) is 9.42. The number of nitrogens with one attached hydrogen (secondary N) is 3. The number of piperazine rings is 1. The van der Waals surface area contributed by atoms with E-state index in [-0.39, 0.29) is 22.7 Å². The first kappa shape index (κ1) is 27.8. The molecule has 210 valence electrons. The number of benzene rings is 2. The molecule has 2 amide bonds. The maximum absolute atomic E-state index is 14.8. The average molecular weight is 573 g/mol. The Kier molecular flexibility index (Phi) is 8.43. The van der Waals surface area contributed by atoms with E-state index in [4.69, 9.17) is 16.3 Å². The smallest absolute Gasteiger partial charge is 0.323 e. The Hall–Kier alpha value is -3.80. The maximum atomic E-state index is 14.8. The van der Waals surface area contributed by atoms with Gasteiger partial charge in [-0.25, -0.2) is 22.9 Å². The third-order valence-corrected chi connectivity index (χ3v) is 7.15. The molecule has 3 heterocycles. The molecule has 1 aliphatic heterocycles. The highest BCUT2D eigenvalue weighted by atomic mass is 35.5. The predicted octanol–water partition coefficient (Wildman–Crippen LogP) is 6.87. The molecular weight excluding hydrogens is 545 g/mol. The second-order valence-corrected chi connectivity index (χ2v) is 9.82. The third-order valence-electron chi connectivity index (χ3n) is 6.85. The van der Waals surface area contributed by atoms with Crippen molar-refractivity contribution in [2.24, 2.45) is 0 Å². The zero-order chi connectivity index (χ0) is 28.2. The summed E-state index contributed by atoms with van der Waals surface area (Å²) in [5.41, 5.74) is 0.964. The highest BCUT2D eigenvalue weighted by molar-refractivity contribution is 6.36. The minimum absolute atomic E-state index is 0.110. The van der Waals surface area contributed by atoms with Crippen LogP contribution in [0.1, 0.15) is 24.5 Å². The molecule has 12 heteroatoms. The van der Waals surface area contributed by atoms with Crippen LogP contribution in [0, 0.1) is 5.82 Å². The van der Waals surface area contributed by atoms with Gasteiger partial charge in [0.1, 0.15) is 23.0 Å². The quantitative estimate of drug-likeness (QED) is 0.215. The van der Waals surface area contributed by atoms with Gasteiger partial charge in [0.25, 0.3) is 6.43 Å². The van der Waals surface area contributed by atoms with Crippen LogP contribution < -0.4 is 15.4 Å². The molecule has 3 N–H and O–H groups in total. The number of ether oxygens (including phenoxy) is 1. The highest BCUT2D eigenvalue weighted by Crippen LogP contribution is 2.34. The number of alkyl halides is 2. The van der Waals surface area contributed by atoms with Crippen LogP contribution in [0.5, 0.6) is 11.5 Å². The minimum atomic E-state index is -2.70. The topological polar surface area (TPSA) is 85.5 Å². The highest BCUT2D eigenvalue weighted by Gasteiger charge is 2.20. The van der Waals surface area contributed by atoms with Gasteiger partial charge in [0.05, 0.1) is 16.1 Å². The molecule has 2 aromatic heterocycles. The molecule has 1 aliphatic rings. The van der Waals surface area contributed by atoms with Gasteiger partial charge in [-0.05, 0) is 42.4 Å². The lowest BCUT2D eigenvalue weighted by Gasteiger charge is -2.34. The van der Waals surface area contributed by atoms with Crippen LogP contribution in [-0.2, 0) is 6.54 Å². The van der Waals surface area contributed by atoms with Crippen molar-refractivity contribution in [3.8, 4) is 11.5 Å². The molecule has 0 atom stereocenters. The van der Waals surface area contributed by atoms with Crippen LogP contribution in [0.15, 0.2) is 54.9 Å². The van der Waals surface area contributed by atoms with E-state index in [1.807, 2.05) is 0 Å². The standard InChI is InChI=1S/C28H28ClF3N6O2/c1-2-37-9-11-38(12-10-37)16-17-3-4-18(13-20(17)26(31)32)35-28(39)36-23-6-5-19(14-22(23)30)40-24-7-8-33-27-25(24)21(29)15-34-27/h3-8,13-15,26H,2,9-12,16H2,1H3,(H,33,34)(H2,35,36,39). The molecule has 5 rings (SSSR count). The molecule has 0 spiro atoms. The number of nitrogens with zero attached hydrogens (tertiary/aromatic N) is 3. The molecule has 0 aliphatic carbocycles. The summed E-state index contributed by atoms with van der Waals surface area (Å²) in [5, 5.41) is 5.88. The second kappa shape index (κ2) is 12.2. The summed E-state index contributed by atoms with van der Waals surface area (Å²) in [7, 11) is 0. The summed E-state index contributed by atoms with van der Waals surface area (Å²) in [6, 6.07) is 9.20. The van der Waals surface area contributed by atoms with Crippen LogP contribution in [0.2, 0.25) is 5.02 Å². The fourth-order valence-corrected chi connectivity index (χ4v) is 4.91. The summed E-state index contributed by atoms with van der Waals surface area (Å²) >= 11 is 6.19.